The smallest absolute Gasteiger partial charge is 0.182 e. The van der Waals surface area contributed by atoms with Gasteiger partial charge in [-0.15, -0.1) is 0 Å². The minimum absolute atomic E-state index is 0.138. The highest BCUT2D eigenvalue weighted by Crippen LogP contribution is 2.35. The molecule has 21 heavy (non-hydrogen) atoms. The Morgan fingerprint density at radius 2 is 1.76 bits per heavy atom. The van der Waals surface area contributed by atoms with Crippen molar-refractivity contribution in [2.75, 3.05) is 13.1 Å². The lowest BCUT2D eigenvalue weighted by Crippen LogP contribution is -2.48. The van der Waals surface area contributed by atoms with Crippen molar-refractivity contribution in [1.82, 2.24) is 4.90 Å². The van der Waals surface area contributed by atoms with Crippen LogP contribution in [0.3, 0.4) is 0 Å². The summed E-state index contributed by atoms with van der Waals surface area (Å²) in [5, 5.41) is 0. The SMILES string of the molecule is O=C(CN1CCCC2CCCCC21)c1c(F)cccc1F. The van der Waals surface area contributed by atoms with Crippen LogP contribution in [0.4, 0.5) is 8.78 Å². The number of hydrogen-bond donors (Lipinski definition) is 0. The summed E-state index contributed by atoms with van der Waals surface area (Å²) in [4.78, 5) is 14.5. The van der Waals surface area contributed by atoms with Crippen molar-refractivity contribution in [1.29, 1.82) is 0 Å². The van der Waals surface area contributed by atoms with Crippen LogP contribution in [0.2, 0.25) is 0 Å². The lowest BCUT2D eigenvalue weighted by atomic mass is 9.78. The van der Waals surface area contributed by atoms with Crippen molar-refractivity contribution in [3.8, 4) is 0 Å². The summed E-state index contributed by atoms with van der Waals surface area (Å²) >= 11 is 0. The van der Waals surface area contributed by atoms with Gasteiger partial charge in [-0.05, 0) is 50.3 Å². The number of halogens is 2. The first-order valence-electron chi connectivity index (χ1n) is 7.88. The molecular weight excluding hydrogens is 272 g/mol. The van der Waals surface area contributed by atoms with Crippen molar-refractivity contribution < 1.29 is 13.6 Å². The van der Waals surface area contributed by atoms with E-state index in [1.54, 1.807) is 0 Å². The van der Waals surface area contributed by atoms with E-state index in [1.165, 1.54) is 31.7 Å². The monoisotopic (exact) mass is 293 g/mol. The second-order valence-electron chi connectivity index (χ2n) is 6.24. The van der Waals surface area contributed by atoms with Gasteiger partial charge >= 0.3 is 0 Å². The normalized spacial score (nSPS) is 26.4. The van der Waals surface area contributed by atoms with E-state index in [2.05, 4.69) is 4.90 Å². The molecule has 0 radical (unpaired) electrons. The predicted octanol–water partition coefficient (Wildman–Crippen LogP) is 3.80. The number of hydrogen-bond acceptors (Lipinski definition) is 2. The minimum Gasteiger partial charge on any atom is -0.293 e. The average molecular weight is 293 g/mol. The van der Waals surface area contributed by atoms with Crippen molar-refractivity contribution >= 4 is 5.78 Å². The Hall–Kier alpha value is -1.29. The van der Waals surface area contributed by atoms with E-state index in [4.69, 9.17) is 0 Å². The number of Topliss-reactive ketones (excluding diaryl/α,β-unsaturated/α-hetero) is 1. The molecule has 3 rings (SSSR count). The van der Waals surface area contributed by atoms with Crippen LogP contribution >= 0.6 is 0 Å². The summed E-state index contributed by atoms with van der Waals surface area (Å²) in [6, 6.07) is 4.01. The van der Waals surface area contributed by atoms with Gasteiger partial charge in [0.25, 0.3) is 0 Å². The van der Waals surface area contributed by atoms with Crippen molar-refractivity contribution in [3.63, 3.8) is 0 Å². The molecule has 2 aliphatic rings. The zero-order chi connectivity index (χ0) is 14.8. The molecule has 0 amide bonds. The number of ketones is 1. The van der Waals surface area contributed by atoms with Crippen LogP contribution in [0.15, 0.2) is 18.2 Å². The van der Waals surface area contributed by atoms with E-state index in [0.717, 1.165) is 31.5 Å². The van der Waals surface area contributed by atoms with Crippen LogP contribution in [0.1, 0.15) is 48.9 Å². The van der Waals surface area contributed by atoms with Gasteiger partial charge in [0.05, 0.1) is 12.1 Å². The number of rotatable bonds is 3. The summed E-state index contributed by atoms with van der Waals surface area (Å²) < 4.78 is 27.4. The summed E-state index contributed by atoms with van der Waals surface area (Å²) in [5.41, 5.74) is -0.379. The van der Waals surface area contributed by atoms with Gasteiger partial charge in [0.15, 0.2) is 5.78 Å². The highest BCUT2D eigenvalue weighted by Gasteiger charge is 2.34. The number of likely N-dealkylation sites (tertiary alicyclic amines) is 1. The summed E-state index contributed by atoms with van der Waals surface area (Å²) in [6.07, 6.45) is 7.10. The van der Waals surface area contributed by atoms with Gasteiger partial charge in [0.1, 0.15) is 11.6 Å². The molecule has 114 valence electrons. The lowest BCUT2D eigenvalue weighted by molar-refractivity contribution is 0.0535. The number of fused-ring (bicyclic) bond motifs is 1. The Morgan fingerprint density at radius 1 is 1.10 bits per heavy atom. The van der Waals surface area contributed by atoms with Crippen LogP contribution in [-0.4, -0.2) is 29.8 Å². The maximum absolute atomic E-state index is 13.7. The Balaban J connectivity index is 1.74. The van der Waals surface area contributed by atoms with Crippen molar-refractivity contribution in [2.24, 2.45) is 5.92 Å². The largest absolute Gasteiger partial charge is 0.293 e. The highest BCUT2D eigenvalue weighted by molar-refractivity contribution is 5.98. The maximum Gasteiger partial charge on any atom is 0.182 e. The van der Waals surface area contributed by atoms with E-state index in [9.17, 15) is 13.6 Å². The molecule has 0 N–H and O–H groups in total. The van der Waals surface area contributed by atoms with E-state index in [1.807, 2.05) is 0 Å². The molecule has 0 spiro atoms. The fourth-order valence-electron chi connectivity index (χ4n) is 3.95. The van der Waals surface area contributed by atoms with Crippen molar-refractivity contribution in [2.45, 2.75) is 44.6 Å². The van der Waals surface area contributed by atoms with Crippen LogP contribution in [-0.2, 0) is 0 Å². The summed E-state index contributed by atoms with van der Waals surface area (Å²) in [6.45, 7) is 1.00. The minimum atomic E-state index is -0.753. The molecule has 1 aliphatic heterocycles. The third kappa shape index (κ3) is 3.00. The molecule has 1 aromatic carbocycles. The van der Waals surface area contributed by atoms with Crippen molar-refractivity contribution in [3.05, 3.63) is 35.4 Å². The second kappa shape index (κ2) is 6.22. The zero-order valence-corrected chi connectivity index (χ0v) is 12.2. The molecule has 1 saturated heterocycles. The fraction of sp³-hybridized carbons (Fsp3) is 0.588. The molecule has 0 bridgehead atoms. The predicted molar refractivity (Wildman–Crippen MR) is 77.2 cm³/mol. The number of carbonyl (C=O) groups excluding carboxylic acids is 1. The first kappa shape index (κ1) is 14.6. The van der Waals surface area contributed by atoms with Gasteiger partial charge in [-0.2, -0.15) is 0 Å². The van der Waals surface area contributed by atoms with Crippen LogP contribution in [0.25, 0.3) is 0 Å². The first-order valence-corrected chi connectivity index (χ1v) is 7.88. The molecule has 1 aliphatic carbocycles. The molecule has 1 aromatic rings. The van der Waals surface area contributed by atoms with Crippen LogP contribution in [0.5, 0.6) is 0 Å². The quantitative estimate of drug-likeness (QED) is 0.790. The Labute approximate surface area is 124 Å². The molecule has 2 nitrogen and oxygen atoms in total. The molecule has 2 atom stereocenters. The summed E-state index contributed by atoms with van der Waals surface area (Å²) in [5.74, 6) is -1.28. The summed E-state index contributed by atoms with van der Waals surface area (Å²) in [7, 11) is 0. The highest BCUT2D eigenvalue weighted by atomic mass is 19.1. The number of piperidine rings is 1. The van der Waals surface area contributed by atoms with E-state index in [-0.39, 0.29) is 12.1 Å². The Kier molecular flexibility index (Phi) is 4.34. The Morgan fingerprint density at radius 3 is 2.52 bits per heavy atom. The van der Waals surface area contributed by atoms with Crippen LogP contribution in [0, 0.1) is 17.6 Å². The number of carbonyl (C=O) groups is 1. The molecule has 1 saturated carbocycles. The van der Waals surface area contributed by atoms with Gasteiger partial charge in [-0.3, -0.25) is 9.69 Å². The zero-order valence-electron chi connectivity index (χ0n) is 12.2. The standard InChI is InChI=1S/C17H21F2NO/c18-13-7-3-8-14(19)17(13)16(21)11-20-10-4-6-12-5-1-2-9-15(12)20/h3,7-8,12,15H,1-2,4-6,9-11H2. The number of benzene rings is 1. The van der Waals surface area contributed by atoms with Crippen LogP contribution < -0.4 is 0 Å². The maximum atomic E-state index is 13.7. The third-order valence-electron chi connectivity index (χ3n) is 4.95. The van der Waals surface area contributed by atoms with Gasteiger partial charge in [-0.1, -0.05) is 18.9 Å². The number of nitrogens with zero attached hydrogens (tertiary/aromatic N) is 1. The second-order valence-corrected chi connectivity index (χ2v) is 6.24. The van der Waals surface area contributed by atoms with Gasteiger partial charge in [0.2, 0.25) is 0 Å². The third-order valence-corrected chi connectivity index (χ3v) is 4.95. The van der Waals surface area contributed by atoms with E-state index in [0.29, 0.717) is 12.0 Å². The van der Waals surface area contributed by atoms with E-state index >= 15 is 0 Å². The fourth-order valence-corrected chi connectivity index (χ4v) is 3.95. The van der Waals surface area contributed by atoms with Gasteiger partial charge < -0.3 is 0 Å². The molecule has 2 fully saturated rings. The molecule has 2 unspecified atom stereocenters. The molecule has 1 heterocycles. The first-order chi connectivity index (χ1) is 10.2. The van der Waals surface area contributed by atoms with E-state index < -0.39 is 17.4 Å². The lowest BCUT2D eigenvalue weighted by Gasteiger charge is -2.43. The average Bonchev–Trinajstić information content (AvgIpc) is 2.47. The van der Waals surface area contributed by atoms with Gasteiger partial charge in [0, 0.05) is 6.04 Å². The van der Waals surface area contributed by atoms with Gasteiger partial charge in [-0.25, -0.2) is 8.78 Å². The molecule has 0 aromatic heterocycles. The Bertz CT molecular complexity index is 509. The molecule has 4 heteroatoms. The topological polar surface area (TPSA) is 20.3 Å². The molecular formula is C17H21F2NO.